The number of aliphatic hydroxyl groups excluding tert-OH is 2. The standard InChI is InChI=1S/C24H24F4N2O5/c1-35-19-8-4-15(5-9-19)22-21(14-2-6-16(25)7-3-14)29-23(24(26,27)28)30(22)11-10-17(31)12-18(32)13-20(33)34/h2-9,17-18,31-32H,10-13H2,1H3,(H,33,34)/t17-,18-/m1/s1. The Kier molecular flexibility index (Phi) is 8.13. The number of imidazole rings is 1. The highest BCUT2D eigenvalue weighted by molar-refractivity contribution is 5.79. The number of aliphatic hydroxyl groups is 2. The normalized spacial score (nSPS) is 13.5. The third-order valence-corrected chi connectivity index (χ3v) is 5.34. The van der Waals surface area contributed by atoms with Gasteiger partial charge in [0.1, 0.15) is 11.6 Å². The molecular weight excluding hydrogens is 472 g/mol. The van der Waals surface area contributed by atoms with E-state index >= 15 is 0 Å². The minimum absolute atomic E-state index is 0.0251. The molecule has 0 amide bonds. The van der Waals surface area contributed by atoms with Crippen LogP contribution in [0.4, 0.5) is 17.6 Å². The molecule has 0 aliphatic heterocycles. The first-order chi connectivity index (χ1) is 16.5. The molecule has 3 N–H and O–H groups in total. The van der Waals surface area contributed by atoms with Gasteiger partial charge in [0, 0.05) is 17.7 Å². The number of hydrogen-bond acceptors (Lipinski definition) is 5. The van der Waals surface area contributed by atoms with Gasteiger partial charge < -0.3 is 24.6 Å². The van der Waals surface area contributed by atoms with Crippen LogP contribution in [-0.2, 0) is 17.5 Å². The molecule has 2 atom stereocenters. The van der Waals surface area contributed by atoms with Gasteiger partial charge in [-0.2, -0.15) is 13.2 Å². The van der Waals surface area contributed by atoms with Crippen LogP contribution in [0, 0.1) is 5.82 Å². The first kappa shape index (κ1) is 26.2. The molecule has 0 fully saturated rings. The van der Waals surface area contributed by atoms with Gasteiger partial charge in [-0.15, -0.1) is 0 Å². The number of aromatic nitrogens is 2. The molecule has 0 bridgehead atoms. The zero-order chi connectivity index (χ0) is 25.8. The highest BCUT2D eigenvalue weighted by atomic mass is 19.4. The number of carboxylic acid groups (broad SMARTS) is 1. The summed E-state index contributed by atoms with van der Waals surface area (Å²) >= 11 is 0. The molecule has 3 rings (SSSR count). The lowest BCUT2D eigenvalue weighted by Crippen LogP contribution is -2.23. The molecule has 7 nitrogen and oxygen atoms in total. The molecule has 1 heterocycles. The lowest BCUT2D eigenvalue weighted by Gasteiger charge is -2.18. The Hall–Kier alpha value is -3.44. The van der Waals surface area contributed by atoms with Gasteiger partial charge >= 0.3 is 12.1 Å². The second kappa shape index (κ2) is 10.9. The van der Waals surface area contributed by atoms with E-state index in [-0.39, 0.29) is 36.3 Å². The van der Waals surface area contributed by atoms with Crippen molar-refractivity contribution < 1.29 is 42.4 Å². The molecule has 0 aliphatic rings. The van der Waals surface area contributed by atoms with Crippen molar-refractivity contribution in [1.29, 1.82) is 0 Å². The Balaban J connectivity index is 2.07. The fourth-order valence-electron chi connectivity index (χ4n) is 3.73. The Labute approximate surface area is 198 Å². The summed E-state index contributed by atoms with van der Waals surface area (Å²) < 4.78 is 61.5. The van der Waals surface area contributed by atoms with Gasteiger partial charge in [0.2, 0.25) is 5.82 Å². The SMILES string of the molecule is COc1ccc(-c2c(-c3ccc(F)cc3)nc(C(F)(F)F)n2CC[C@@H](O)C[C@@H](O)CC(=O)O)cc1. The van der Waals surface area contributed by atoms with Crippen molar-refractivity contribution in [3.8, 4) is 28.3 Å². The van der Waals surface area contributed by atoms with Crippen LogP contribution in [0.2, 0.25) is 0 Å². The summed E-state index contributed by atoms with van der Waals surface area (Å²) in [4.78, 5) is 14.6. The number of aliphatic carboxylic acids is 1. The fraction of sp³-hybridized carbons (Fsp3) is 0.333. The molecule has 0 saturated carbocycles. The van der Waals surface area contributed by atoms with Crippen LogP contribution in [0.15, 0.2) is 48.5 Å². The lowest BCUT2D eigenvalue weighted by atomic mass is 10.0. The van der Waals surface area contributed by atoms with E-state index in [9.17, 15) is 32.6 Å². The highest BCUT2D eigenvalue weighted by Gasteiger charge is 2.39. The average Bonchev–Trinajstić information content (AvgIpc) is 3.17. The summed E-state index contributed by atoms with van der Waals surface area (Å²) in [5, 5.41) is 28.7. The van der Waals surface area contributed by atoms with Gasteiger partial charge in [-0.05, 0) is 61.4 Å². The number of hydrogen-bond donors (Lipinski definition) is 3. The number of carboxylic acids is 1. The van der Waals surface area contributed by atoms with E-state index in [4.69, 9.17) is 9.84 Å². The maximum atomic E-state index is 14.0. The zero-order valence-electron chi connectivity index (χ0n) is 18.7. The molecular formula is C24H24F4N2O5. The average molecular weight is 496 g/mol. The largest absolute Gasteiger partial charge is 0.497 e. The molecule has 0 unspecified atom stereocenters. The topological polar surface area (TPSA) is 105 Å². The van der Waals surface area contributed by atoms with Crippen LogP contribution in [0.5, 0.6) is 5.75 Å². The number of benzene rings is 2. The molecule has 188 valence electrons. The van der Waals surface area contributed by atoms with Crippen molar-refractivity contribution in [1.82, 2.24) is 9.55 Å². The maximum Gasteiger partial charge on any atom is 0.449 e. The number of carbonyl (C=O) groups is 1. The maximum absolute atomic E-state index is 14.0. The van der Waals surface area contributed by atoms with E-state index in [0.717, 1.165) is 16.7 Å². The summed E-state index contributed by atoms with van der Waals surface area (Å²) in [6, 6.07) is 11.2. The van der Waals surface area contributed by atoms with Crippen molar-refractivity contribution in [3.05, 3.63) is 60.2 Å². The van der Waals surface area contributed by atoms with Crippen LogP contribution in [0.25, 0.3) is 22.5 Å². The third kappa shape index (κ3) is 6.58. The lowest BCUT2D eigenvalue weighted by molar-refractivity contribution is -0.147. The zero-order valence-corrected chi connectivity index (χ0v) is 18.7. The number of methoxy groups -OCH3 is 1. The summed E-state index contributed by atoms with van der Waals surface area (Å²) in [5.74, 6) is -2.54. The van der Waals surface area contributed by atoms with Crippen molar-refractivity contribution in [3.63, 3.8) is 0 Å². The van der Waals surface area contributed by atoms with Crippen LogP contribution in [0.3, 0.4) is 0 Å². The van der Waals surface area contributed by atoms with E-state index in [1.54, 1.807) is 24.3 Å². The first-order valence-corrected chi connectivity index (χ1v) is 10.7. The van der Waals surface area contributed by atoms with Gasteiger partial charge in [0.05, 0.1) is 37.1 Å². The summed E-state index contributed by atoms with van der Waals surface area (Å²) in [5.41, 5.74) is 0.722. The number of ether oxygens (including phenoxy) is 1. The number of nitrogens with zero attached hydrogens (tertiary/aromatic N) is 2. The molecule has 2 aromatic carbocycles. The van der Waals surface area contributed by atoms with Crippen molar-refractivity contribution >= 4 is 5.97 Å². The molecule has 0 saturated heterocycles. The van der Waals surface area contributed by atoms with Crippen molar-refractivity contribution in [2.75, 3.05) is 7.11 Å². The number of rotatable bonds is 10. The van der Waals surface area contributed by atoms with Gasteiger partial charge in [0.25, 0.3) is 0 Å². The van der Waals surface area contributed by atoms with Crippen molar-refractivity contribution in [2.45, 2.75) is 44.2 Å². The monoisotopic (exact) mass is 496 g/mol. The van der Waals surface area contributed by atoms with E-state index < -0.39 is 42.4 Å². The van der Waals surface area contributed by atoms with E-state index in [2.05, 4.69) is 4.98 Å². The van der Waals surface area contributed by atoms with Crippen LogP contribution in [0.1, 0.15) is 25.1 Å². The van der Waals surface area contributed by atoms with Crippen LogP contribution >= 0.6 is 0 Å². The van der Waals surface area contributed by atoms with E-state index in [1.807, 2.05) is 0 Å². The molecule has 0 aliphatic carbocycles. The molecule has 35 heavy (non-hydrogen) atoms. The number of alkyl halides is 3. The summed E-state index contributed by atoms with van der Waals surface area (Å²) in [6.07, 6.45) is -8.56. The second-order valence-electron chi connectivity index (χ2n) is 7.95. The Morgan fingerprint density at radius 2 is 1.63 bits per heavy atom. The first-order valence-electron chi connectivity index (χ1n) is 10.7. The van der Waals surface area contributed by atoms with Gasteiger partial charge in [-0.25, -0.2) is 9.37 Å². The molecule has 11 heteroatoms. The Morgan fingerprint density at radius 1 is 1.03 bits per heavy atom. The quantitative estimate of drug-likeness (QED) is 0.361. The molecule has 0 spiro atoms. The van der Waals surface area contributed by atoms with E-state index in [0.29, 0.717) is 11.3 Å². The van der Waals surface area contributed by atoms with Crippen LogP contribution < -0.4 is 4.74 Å². The van der Waals surface area contributed by atoms with Gasteiger partial charge in [0.15, 0.2) is 0 Å². The minimum Gasteiger partial charge on any atom is -0.497 e. The Bertz CT molecular complexity index is 1140. The van der Waals surface area contributed by atoms with E-state index in [1.165, 1.54) is 19.2 Å². The molecule has 0 radical (unpaired) electrons. The Morgan fingerprint density at radius 3 is 2.17 bits per heavy atom. The smallest absolute Gasteiger partial charge is 0.449 e. The fourth-order valence-corrected chi connectivity index (χ4v) is 3.73. The van der Waals surface area contributed by atoms with Crippen LogP contribution in [-0.4, -0.2) is 50.2 Å². The number of halogens is 4. The summed E-state index contributed by atoms with van der Waals surface area (Å²) in [7, 11) is 1.45. The highest BCUT2D eigenvalue weighted by Crippen LogP contribution is 2.39. The third-order valence-electron chi connectivity index (χ3n) is 5.34. The predicted octanol–water partition coefficient (Wildman–Crippen LogP) is 4.36. The minimum atomic E-state index is -4.84. The predicted molar refractivity (Wildman–Crippen MR) is 118 cm³/mol. The van der Waals surface area contributed by atoms with Gasteiger partial charge in [-0.3, -0.25) is 4.79 Å². The summed E-state index contributed by atoms with van der Waals surface area (Å²) in [6.45, 7) is -0.328. The molecule has 3 aromatic rings. The van der Waals surface area contributed by atoms with Gasteiger partial charge in [-0.1, -0.05) is 0 Å². The molecule has 1 aromatic heterocycles. The second-order valence-corrected chi connectivity index (χ2v) is 7.95. The van der Waals surface area contributed by atoms with Crippen molar-refractivity contribution in [2.24, 2.45) is 0 Å².